The minimum Gasteiger partial charge on any atom is -0.356 e. The van der Waals surface area contributed by atoms with Crippen LogP contribution >= 0.6 is 0 Å². The molecule has 0 saturated carbocycles. The smallest absolute Gasteiger partial charge is 0.243 e. The molecule has 1 aliphatic rings. The molecular formula is C22H28N2O3S. The van der Waals surface area contributed by atoms with Gasteiger partial charge in [0.25, 0.3) is 0 Å². The van der Waals surface area contributed by atoms with Crippen LogP contribution in [0.25, 0.3) is 0 Å². The number of carbonyl (C=O) groups is 1. The van der Waals surface area contributed by atoms with Gasteiger partial charge < -0.3 is 5.32 Å². The van der Waals surface area contributed by atoms with Gasteiger partial charge in [-0.2, -0.15) is 4.31 Å². The molecule has 0 unspecified atom stereocenters. The summed E-state index contributed by atoms with van der Waals surface area (Å²) in [4.78, 5) is 12.8. The van der Waals surface area contributed by atoms with Crippen molar-refractivity contribution in [3.63, 3.8) is 0 Å². The third-order valence-electron chi connectivity index (χ3n) is 5.20. The van der Waals surface area contributed by atoms with Crippen molar-refractivity contribution >= 4 is 15.9 Å². The molecule has 0 radical (unpaired) electrons. The van der Waals surface area contributed by atoms with Crippen molar-refractivity contribution in [2.45, 2.75) is 37.5 Å². The second-order valence-electron chi connectivity index (χ2n) is 7.40. The Labute approximate surface area is 167 Å². The first-order valence-electron chi connectivity index (χ1n) is 9.85. The highest BCUT2D eigenvalue weighted by atomic mass is 32.2. The van der Waals surface area contributed by atoms with E-state index in [9.17, 15) is 13.2 Å². The maximum atomic E-state index is 12.8. The van der Waals surface area contributed by atoms with Gasteiger partial charge in [0, 0.05) is 19.6 Å². The molecule has 6 heteroatoms. The minimum absolute atomic E-state index is 0.0446. The molecule has 1 heterocycles. The van der Waals surface area contributed by atoms with Crippen LogP contribution < -0.4 is 5.32 Å². The fourth-order valence-electron chi connectivity index (χ4n) is 3.52. The van der Waals surface area contributed by atoms with Gasteiger partial charge >= 0.3 is 0 Å². The fraction of sp³-hybridized carbons (Fsp3) is 0.409. The van der Waals surface area contributed by atoms with Crippen molar-refractivity contribution in [3.05, 3.63) is 65.7 Å². The standard InChI is InChI=1S/C22H28N2O3S/c1-18-11-13-19(14-12-18)7-5-15-23-22(25)20-8-6-16-24(17-20)28(26,27)21-9-3-2-4-10-21/h2-4,9-14,20H,5-8,15-17H2,1H3,(H,23,25)/t20-/m1/s1. The molecule has 1 saturated heterocycles. The van der Waals surface area contributed by atoms with Crippen molar-refractivity contribution in [3.8, 4) is 0 Å². The summed E-state index contributed by atoms with van der Waals surface area (Å²) in [5, 5.41) is 2.99. The van der Waals surface area contributed by atoms with Crippen LogP contribution in [-0.4, -0.2) is 38.3 Å². The summed E-state index contributed by atoms with van der Waals surface area (Å²) in [6.07, 6.45) is 3.21. The number of hydrogen-bond donors (Lipinski definition) is 1. The highest BCUT2D eigenvalue weighted by Gasteiger charge is 2.33. The number of hydrogen-bond acceptors (Lipinski definition) is 3. The summed E-state index contributed by atoms with van der Waals surface area (Å²) >= 11 is 0. The zero-order valence-electron chi connectivity index (χ0n) is 16.3. The number of aryl methyl sites for hydroxylation is 2. The molecule has 1 fully saturated rings. The Hall–Kier alpha value is -2.18. The fourth-order valence-corrected chi connectivity index (χ4v) is 5.06. The van der Waals surface area contributed by atoms with E-state index in [2.05, 4.69) is 36.5 Å². The van der Waals surface area contributed by atoms with E-state index >= 15 is 0 Å². The maximum absolute atomic E-state index is 12.8. The number of benzene rings is 2. The molecule has 150 valence electrons. The molecule has 1 aliphatic heterocycles. The van der Waals surface area contributed by atoms with E-state index in [1.54, 1.807) is 30.3 Å². The summed E-state index contributed by atoms with van der Waals surface area (Å²) < 4.78 is 27.0. The third kappa shape index (κ3) is 5.20. The molecule has 3 rings (SSSR count). The van der Waals surface area contributed by atoms with Crippen LogP contribution in [0.4, 0.5) is 0 Å². The average molecular weight is 401 g/mol. The first-order chi connectivity index (χ1) is 13.5. The van der Waals surface area contributed by atoms with E-state index in [-0.39, 0.29) is 23.3 Å². The molecule has 2 aromatic rings. The molecular weight excluding hydrogens is 372 g/mol. The van der Waals surface area contributed by atoms with Crippen LogP contribution in [0.3, 0.4) is 0 Å². The third-order valence-corrected chi connectivity index (χ3v) is 7.08. The number of piperidine rings is 1. The average Bonchev–Trinajstić information content (AvgIpc) is 2.73. The SMILES string of the molecule is Cc1ccc(CCCNC(=O)[C@@H]2CCCN(S(=O)(=O)c3ccccc3)C2)cc1. The zero-order valence-corrected chi connectivity index (χ0v) is 17.1. The van der Waals surface area contributed by atoms with Crippen molar-refractivity contribution < 1.29 is 13.2 Å². The highest BCUT2D eigenvalue weighted by molar-refractivity contribution is 7.89. The van der Waals surface area contributed by atoms with Crippen molar-refractivity contribution in [1.82, 2.24) is 9.62 Å². The van der Waals surface area contributed by atoms with Gasteiger partial charge in [-0.3, -0.25) is 4.79 Å². The number of sulfonamides is 1. The van der Waals surface area contributed by atoms with Gasteiger partial charge in [-0.05, 0) is 50.3 Å². The molecule has 0 bridgehead atoms. The summed E-state index contributed by atoms with van der Waals surface area (Å²) in [6, 6.07) is 16.9. The summed E-state index contributed by atoms with van der Waals surface area (Å²) in [5.41, 5.74) is 2.50. The maximum Gasteiger partial charge on any atom is 0.243 e. The van der Waals surface area contributed by atoms with Gasteiger partial charge in [0.2, 0.25) is 15.9 Å². The Morgan fingerprint density at radius 1 is 1.11 bits per heavy atom. The Balaban J connectivity index is 1.49. The molecule has 1 atom stereocenters. The lowest BCUT2D eigenvalue weighted by molar-refractivity contribution is -0.126. The first kappa shape index (κ1) is 20.6. The van der Waals surface area contributed by atoms with E-state index in [0.29, 0.717) is 19.5 Å². The normalized spacial score (nSPS) is 18.0. The zero-order chi connectivity index (χ0) is 20.0. The molecule has 1 amide bonds. The van der Waals surface area contributed by atoms with Gasteiger partial charge in [-0.25, -0.2) is 8.42 Å². The van der Waals surface area contributed by atoms with Crippen LogP contribution in [-0.2, 0) is 21.2 Å². The van der Waals surface area contributed by atoms with Gasteiger partial charge in [0.1, 0.15) is 0 Å². The van der Waals surface area contributed by atoms with Crippen LogP contribution in [0, 0.1) is 12.8 Å². The molecule has 0 aliphatic carbocycles. The lowest BCUT2D eigenvalue weighted by atomic mass is 9.99. The number of nitrogens with one attached hydrogen (secondary N) is 1. The predicted octanol–water partition coefficient (Wildman–Crippen LogP) is 3.14. The molecule has 28 heavy (non-hydrogen) atoms. The summed E-state index contributed by atoms with van der Waals surface area (Å²) in [7, 11) is -3.54. The van der Waals surface area contributed by atoms with Crippen LogP contribution in [0.15, 0.2) is 59.5 Å². The van der Waals surface area contributed by atoms with E-state index in [0.717, 1.165) is 19.3 Å². The number of nitrogens with zero attached hydrogens (tertiary/aromatic N) is 1. The van der Waals surface area contributed by atoms with Gasteiger partial charge in [0.15, 0.2) is 0 Å². The number of amides is 1. The monoisotopic (exact) mass is 400 g/mol. The quantitative estimate of drug-likeness (QED) is 0.726. The van der Waals surface area contributed by atoms with Crippen molar-refractivity contribution in [2.24, 2.45) is 5.92 Å². The molecule has 2 aromatic carbocycles. The van der Waals surface area contributed by atoms with Crippen molar-refractivity contribution in [2.75, 3.05) is 19.6 Å². The van der Waals surface area contributed by atoms with Gasteiger partial charge in [-0.15, -0.1) is 0 Å². The van der Waals surface area contributed by atoms with Gasteiger partial charge in [-0.1, -0.05) is 48.0 Å². The predicted molar refractivity (Wildman–Crippen MR) is 110 cm³/mol. The molecule has 0 spiro atoms. The summed E-state index contributed by atoms with van der Waals surface area (Å²) in [5.74, 6) is -0.330. The molecule has 5 nitrogen and oxygen atoms in total. The second kappa shape index (κ2) is 9.34. The van der Waals surface area contributed by atoms with Crippen molar-refractivity contribution in [1.29, 1.82) is 0 Å². The highest BCUT2D eigenvalue weighted by Crippen LogP contribution is 2.23. The number of carbonyl (C=O) groups excluding carboxylic acids is 1. The van der Waals surface area contributed by atoms with Crippen LogP contribution in [0.5, 0.6) is 0 Å². The molecule has 0 aromatic heterocycles. The largest absolute Gasteiger partial charge is 0.356 e. The van der Waals surface area contributed by atoms with E-state index in [4.69, 9.17) is 0 Å². The first-order valence-corrected chi connectivity index (χ1v) is 11.3. The summed E-state index contributed by atoms with van der Waals surface area (Å²) in [6.45, 7) is 3.39. The Morgan fingerprint density at radius 2 is 1.82 bits per heavy atom. The van der Waals surface area contributed by atoms with E-state index < -0.39 is 10.0 Å². The minimum atomic E-state index is -3.54. The van der Waals surface area contributed by atoms with Crippen LogP contribution in [0.2, 0.25) is 0 Å². The Kier molecular flexibility index (Phi) is 6.86. The second-order valence-corrected chi connectivity index (χ2v) is 9.33. The lowest BCUT2D eigenvalue weighted by Gasteiger charge is -2.31. The van der Waals surface area contributed by atoms with E-state index in [1.165, 1.54) is 15.4 Å². The van der Waals surface area contributed by atoms with Gasteiger partial charge in [0.05, 0.1) is 10.8 Å². The Morgan fingerprint density at radius 3 is 2.54 bits per heavy atom. The lowest BCUT2D eigenvalue weighted by Crippen LogP contribution is -2.45. The van der Waals surface area contributed by atoms with E-state index in [1.807, 2.05) is 0 Å². The molecule has 1 N–H and O–H groups in total. The topological polar surface area (TPSA) is 66.5 Å². The number of rotatable bonds is 7. The Bertz CT molecular complexity index is 880. The van der Waals surface area contributed by atoms with Crippen LogP contribution in [0.1, 0.15) is 30.4 Å².